The number of hydrogen-bond acceptors (Lipinski definition) is 4. The lowest BCUT2D eigenvalue weighted by molar-refractivity contribution is 0.0934. The quantitative estimate of drug-likeness (QED) is 0.341. The number of thiophene rings is 1. The van der Waals surface area contributed by atoms with Gasteiger partial charge in [0.15, 0.2) is 5.65 Å². The Bertz CT molecular complexity index is 1490. The predicted octanol–water partition coefficient (Wildman–Crippen LogP) is 6.26. The highest BCUT2D eigenvalue weighted by Crippen LogP contribution is 2.33. The zero-order chi connectivity index (χ0) is 23.1. The van der Waals surface area contributed by atoms with Crippen LogP contribution in [0.25, 0.3) is 27.3 Å². The molecule has 6 heteroatoms. The number of benzene rings is 2. The van der Waals surface area contributed by atoms with Crippen LogP contribution in [0.4, 0.5) is 0 Å². The molecular weight excluding hydrogens is 440 g/mol. The number of fused-ring (bicyclic) bond motifs is 2. The second-order valence-electron chi connectivity index (χ2n) is 8.68. The van der Waals surface area contributed by atoms with Gasteiger partial charge in [0.2, 0.25) is 0 Å². The normalized spacial score (nSPS) is 15.3. The topological polar surface area (TPSA) is 59.8 Å². The first-order valence-corrected chi connectivity index (χ1v) is 12.5. The van der Waals surface area contributed by atoms with E-state index in [0.29, 0.717) is 11.2 Å². The van der Waals surface area contributed by atoms with Crippen molar-refractivity contribution in [1.82, 2.24) is 20.1 Å². The van der Waals surface area contributed by atoms with Crippen LogP contribution in [0.3, 0.4) is 0 Å². The summed E-state index contributed by atoms with van der Waals surface area (Å²) >= 11 is 1.62. The van der Waals surface area contributed by atoms with Gasteiger partial charge < -0.3 is 5.32 Å². The second kappa shape index (κ2) is 8.54. The fourth-order valence-electron chi connectivity index (χ4n) is 4.91. The van der Waals surface area contributed by atoms with Crippen LogP contribution in [0.15, 0.2) is 78.2 Å². The number of pyridine rings is 1. The van der Waals surface area contributed by atoms with E-state index >= 15 is 0 Å². The summed E-state index contributed by atoms with van der Waals surface area (Å²) in [5.41, 5.74) is 6.37. The molecule has 1 N–H and O–H groups in total. The number of carbonyl (C=O) groups excluding carboxylic acids is 1. The molecule has 0 aliphatic heterocycles. The van der Waals surface area contributed by atoms with Crippen LogP contribution in [-0.4, -0.2) is 20.7 Å². The molecule has 0 bridgehead atoms. The molecule has 5 aromatic rings. The summed E-state index contributed by atoms with van der Waals surface area (Å²) in [7, 11) is 0. The average Bonchev–Trinajstić information content (AvgIpc) is 3.53. The minimum absolute atomic E-state index is 0.00956. The third-order valence-corrected chi connectivity index (χ3v) is 7.40. The standard InChI is InChI=1S/C28H24N4OS/c1-18-26-22(28(33)30-23-14-7-10-19-9-5-6-13-21(19)23)17-24(25-15-8-16-34-25)29-27(26)32(31-18)20-11-3-2-4-12-20/h2-6,8-9,11-13,15-17,23H,7,10,14H2,1H3,(H,30,33). The van der Waals surface area contributed by atoms with E-state index in [9.17, 15) is 4.79 Å². The number of nitrogens with zero attached hydrogens (tertiary/aromatic N) is 3. The minimum atomic E-state index is -0.0809. The Morgan fingerprint density at radius 1 is 1.06 bits per heavy atom. The van der Waals surface area contributed by atoms with Gasteiger partial charge in [-0.3, -0.25) is 4.79 Å². The van der Waals surface area contributed by atoms with Crippen molar-refractivity contribution in [2.45, 2.75) is 32.2 Å². The van der Waals surface area contributed by atoms with Gasteiger partial charge in [0.1, 0.15) is 0 Å². The first kappa shape index (κ1) is 20.8. The fourth-order valence-corrected chi connectivity index (χ4v) is 5.59. The number of aromatic nitrogens is 3. The third kappa shape index (κ3) is 3.60. The van der Waals surface area contributed by atoms with Gasteiger partial charge in [-0.2, -0.15) is 5.10 Å². The molecule has 6 rings (SSSR count). The highest BCUT2D eigenvalue weighted by Gasteiger charge is 2.25. The van der Waals surface area contributed by atoms with E-state index in [1.807, 2.05) is 65.5 Å². The van der Waals surface area contributed by atoms with Gasteiger partial charge >= 0.3 is 0 Å². The molecule has 1 atom stereocenters. The number of hydrogen-bond donors (Lipinski definition) is 1. The zero-order valence-corrected chi connectivity index (χ0v) is 19.7. The van der Waals surface area contributed by atoms with Crippen LogP contribution >= 0.6 is 11.3 Å². The Hall–Kier alpha value is -3.77. The Kier molecular flexibility index (Phi) is 5.23. The van der Waals surface area contributed by atoms with E-state index in [1.54, 1.807) is 11.3 Å². The fraction of sp³-hybridized carbons (Fsp3) is 0.179. The number of rotatable bonds is 4. The van der Waals surface area contributed by atoms with Gasteiger partial charge in [0.05, 0.1) is 38.9 Å². The molecule has 2 aromatic carbocycles. The minimum Gasteiger partial charge on any atom is -0.345 e. The summed E-state index contributed by atoms with van der Waals surface area (Å²) in [5.74, 6) is -0.0809. The van der Waals surface area contributed by atoms with Crippen molar-refractivity contribution in [2.24, 2.45) is 0 Å². The van der Waals surface area contributed by atoms with Crippen LogP contribution in [0, 0.1) is 6.92 Å². The molecule has 1 aliphatic carbocycles. The van der Waals surface area contributed by atoms with E-state index in [0.717, 1.165) is 46.6 Å². The first-order valence-electron chi connectivity index (χ1n) is 11.6. The van der Waals surface area contributed by atoms with Crippen LogP contribution in [-0.2, 0) is 6.42 Å². The molecule has 0 fully saturated rings. The van der Waals surface area contributed by atoms with Crippen LogP contribution < -0.4 is 5.32 Å². The molecule has 34 heavy (non-hydrogen) atoms. The van der Waals surface area contributed by atoms with Crippen molar-refractivity contribution in [2.75, 3.05) is 0 Å². The summed E-state index contributed by atoms with van der Waals surface area (Å²) in [6.45, 7) is 1.95. The number of amides is 1. The number of para-hydroxylation sites is 1. The summed E-state index contributed by atoms with van der Waals surface area (Å²) in [5, 5.41) is 10.9. The SMILES string of the molecule is Cc1nn(-c2ccccc2)c2nc(-c3cccs3)cc(C(=O)NC3CCCc4ccccc43)c12. The monoisotopic (exact) mass is 464 g/mol. The van der Waals surface area contributed by atoms with Gasteiger partial charge in [-0.05, 0) is 67.0 Å². The molecule has 5 nitrogen and oxygen atoms in total. The Balaban J connectivity index is 1.49. The van der Waals surface area contributed by atoms with Crippen molar-refractivity contribution in [1.29, 1.82) is 0 Å². The molecule has 0 saturated heterocycles. The third-order valence-electron chi connectivity index (χ3n) is 6.51. The summed E-state index contributed by atoms with van der Waals surface area (Å²) in [6, 6.07) is 24.3. The molecule has 0 spiro atoms. The molecule has 168 valence electrons. The van der Waals surface area contributed by atoms with Gasteiger partial charge in [0, 0.05) is 0 Å². The molecule has 0 saturated carbocycles. The predicted molar refractivity (Wildman–Crippen MR) is 137 cm³/mol. The Labute approximate surface area is 202 Å². The van der Waals surface area contributed by atoms with Crippen molar-refractivity contribution >= 4 is 28.3 Å². The van der Waals surface area contributed by atoms with Crippen molar-refractivity contribution in [3.63, 3.8) is 0 Å². The molecule has 1 unspecified atom stereocenters. The van der Waals surface area contributed by atoms with E-state index in [2.05, 4.69) is 29.6 Å². The van der Waals surface area contributed by atoms with Crippen molar-refractivity contribution < 1.29 is 4.79 Å². The first-order chi connectivity index (χ1) is 16.7. The summed E-state index contributed by atoms with van der Waals surface area (Å²) in [4.78, 5) is 19.8. The largest absolute Gasteiger partial charge is 0.345 e. The average molecular weight is 465 g/mol. The molecule has 1 amide bonds. The smallest absolute Gasteiger partial charge is 0.252 e. The highest BCUT2D eigenvalue weighted by atomic mass is 32.1. The Morgan fingerprint density at radius 2 is 1.88 bits per heavy atom. The summed E-state index contributed by atoms with van der Waals surface area (Å²) < 4.78 is 1.84. The highest BCUT2D eigenvalue weighted by molar-refractivity contribution is 7.13. The maximum atomic E-state index is 13.8. The Morgan fingerprint density at radius 3 is 2.71 bits per heavy atom. The van der Waals surface area contributed by atoms with E-state index in [1.165, 1.54) is 11.1 Å². The van der Waals surface area contributed by atoms with Gasteiger partial charge in [-0.15, -0.1) is 11.3 Å². The molecule has 1 aliphatic rings. The molecule has 3 aromatic heterocycles. The van der Waals surface area contributed by atoms with Crippen LogP contribution in [0.5, 0.6) is 0 Å². The lowest BCUT2D eigenvalue weighted by atomic mass is 9.87. The van der Waals surface area contributed by atoms with Crippen LogP contribution in [0.1, 0.15) is 46.1 Å². The van der Waals surface area contributed by atoms with Crippen molar-refractivity contribution in [3.8, 4) is 16.3 Å². The molecule has 0 radical (unpaired) electrons. The van der Waals surface area contributed by atoms with E-state index < -0.39 is 0 Å². The number of carbonyl (C=O) groups is 1. The zero-order valence-electron chi connectivity index (χ0n) is 18.9. The van der Waals surface area contributed by atoms with E-state index in [-0.39, 0.29) is 11.9 Å². The van der Waals surface area contributed by atoms with Gasteiger partial charge in [0.25, 0.3) is 5.91 Å². The maximum Gasteiger partial charge on any atom is 0.252 e. The van der Waals surface area contributed by atoms with Gasteiger partial charge in [-0.25, -0.2) is 9.67 Å². The lowest BCUT2D eigenvalue weighted by Gasteiger charge is -2.26. The van der Waals surface area contributed by atoms with Crippen LogP contribution in [0.2, 0.25) is 0 Å². The molecular formula is C28H24N4OS. The number of aryl methyl sites for hydroxylation is 2. The number of nitrogens with one attached hydrogen (secondary N) is 1. The summed E-state index contributed by atoms with van der Waals surface area (Å²) in [6.07, 6.45) is 3.07. The molecule has 3 heterocycles. The second-order valence-corrected chi connectivity index (χ2v) is 9.63. The van der Waals surface area contributed by atoms with Gasteiger partial charge in [-0.1, -0.05) is 48.5 Å². The maximum absolute atomic E-state index is 13.8. The lowest BCUT2D eigenvalue weighted by Crippen LogP contribution is -2.31. The van der Waals surface area contributed by atoms with Crippen molar-refractivity contribution in [3.05, 3.63) is 101 Å². The van der Waals surface area contributed by atoms with E-state index in [4.69, 9.17) is 10.1 Å².